The van der Waals surface area contributed by atoms with E-state index in [-0.39, 0.29) is 11.9 Å². The predicted molar refractivity (Wildman–Crippen MR) is 81.0 cm³/mol. The molecule has 0 radical (unpaired) electrons. The molecule has 1 aromatic rings. The van der Waals surface area contributed by atoms with Crippen molar-refractivity contribution in [3.63, 3.8) is 0 Å². The molecule has 2 rings (SSSR count). The molecule has 1 saturated carbocycles. The SMILES string of the molecule is CCCc1nnsc1C(=O)N(C)C1CCCCC1Br. The Labute approximate surface area is 126 Å². The lowest BCUT2D eigenvalue weighted by atomic mass is 9.94. The van der Waals surface area contributed by atoms with E-state index in [1.807, 2.05) is 11.9 Å². The molecule has 1 aliphatic rings. The van der Waals surface area contributed by atoms with Crippen molar-refractivity contribution < 1.29 is 4.79 Å². The second kappa shape index (κ2) is 6.79. The van der Waals surface area contributed by atoms with E-state index in [1.165, 1.54) is 24.4 Å². The molecule has 0 aliphatic heterocycles. The zero-order valence-corrected chi connectivity index (χ0v) is 13.8. The third-order valence-electron chi connectivity index (χ3n) is 3.70. The molecule has 0 bridgehead atoms. The summed E-state index contributed by atoms with van der Waals surface area (Å²) in [6.07, 6.45) is 6.48. The summed E-state index contributed by atoms with van der Waals surface area (Å²) < 4.78 is 3.94. The van der Waals surface area contributed by atoms with E-state index in [0.717, 1.165) is 36.3 Å². The van der Waals surface area contributed by atoms with Crippen molar-refractivity contribution >= 4 is 33.4 Å². The van der Waals surface area contributed by atoms with Crippen LogP contribution in [-0.2, 0) is 6.42 Å². The average molecular weight is 346 g/mol. The largest absolute Gasteiger partial charge is 0.337 e. The summed E-state index contributed by atoms with van der Waals surface area (Å²) in [5, 5.41) is 4.08. The minimum absolute atomic E-state index is 0.0785. The fourth-order valence-electron chi connectivity index (χ4n) is 2.58. The van der Waals surface area contributed by atoms with Crippen LogP contribution in [0.15, 0.2) is 0 Å². The standard InChI is InChI=1S/C13H20BrN3OS/c1-3-6-10-12(19-16-15-10)13(18)17(2)11-8-5-4-7-9(11)14/h9,11H,3-8H2,1-2H3. The molecule has 2 unspecified atom stereocenters. The maximum absolute atomic E-state index is 12.6. The molecular weight excluding hydrogens is 326 g/mol. The van der Waals surface area contributed by atoms with Crippen LogP contribution in [-0.4, -0.2) is 38.3 Å². The molecular formula is C13H20BrN3OS. The van der Waals surface area contributed by atoms with Crippen molar-refractivity contribution in [3.05, 3.63) is 10.6 Å². The summed E-state index contributed by atoms with van der Waals surface area (Å²) in [5.74, 6) is 0.0785. The van der Waals surface area contributed by atoms with E-state index in [2.05, 4.69) is 32.4 Å². The van der Waals surface area contributed by atoms with Crippen molar-refractivity contribution in [2.75, 3.05) is 7.05 Å². The highest BCUT2D eigenvalue weighted by atomic mass is 79.9. The Balaban J connectivity index is 2.11. The number of carbonyl (C=O) groups excluding carboxylic acids is 1. The van der Waals surface area contributed by atoms with Crippen LogP contribution >= 0.6 is 27.5 Å². The first-order chi connectivity index (χ1) is 9.15. The Morgan fingerprint density at radius 2 is 2.21 bits per heavy atom. The Morgan fingerprint density at radius 1 is 1.47 bits per heavy atom. The Hall–Kier alpha value is -0.490. The second-order valence-corrected chi connectivity index (χ2v) is 7.01. The summed E-state index contributed by atoms with van der Waals surface area (Å²) in [6.45, 7) is 2.09. The monoisotopic (exact) mass is 345 g/mol. The van der Waals surface area contributed by atoms with E-state index in [1.54, 1.807) is 0 Å². The molecule has 1 heterocycles. The second-order valence-electron chi connectivity index (χ2n) is 5.08. The van der Waals surface area contributed by atoms with Gasteiger partial charge in [-0.2, -0.15) is 0 Å². The lowest BCUT2D eigenvalue weighted by Gasteiger charge is -2.35. The van der Waals surface area contributed by atoms with Crippen LogP contribution in [0.25, 0.3) is 0 Å². The highest BCUT2D eigenvalue weighted by Crippen LogP contribution is 2.29. The van der Waals surface area contributed by atoms with Gasteiger partial charge in [0.2, 0.25) is 0 Å². The van der Waals surface area contributed by atoms with Crippen LogP contribution < -0.4 is 0 Å². The van der Waals surface area contributed by atoms with E-state index in [9.17, 15) is 4.79 Å². The number of aromatic nitrogens is 2. The van der Waals surface area contributed by atoms with Gasteiger partial charge in [-0.25, -0.2) is 0 Å². The van der Waals surface area contributed by atoms with Crippen molar-refractivity contribution in [1.82, 2.24) is 14.5 Å². The molecule has 1 fully saturated rings. The van der Waals surface area contributed by atoms with E-state index >= 15 is 0 Å². The van der Waals surface area contributed by atoms with Crippen LogP contribution in [0.2, 0.25) is 0 Å². The number of aryl methyl sites for hydroxylation is 1. The number of carbonyl (C=O) groups is 1. The topological polar surface area (TPSA) is 46.1 Å². The van der Waals surface area contributed by atoms with E-state index in [0.29, 0.717) is 4.83 Å². The zero-order chi connectivity index (χ0) is 13.8. The predicted octanol–water partition coefficient (Wildman–Crippen LogP) is 3.27. The maximum Gasteiger partial charge on any atom is 0.267 e. The number of nitrogens with zero attached hydrogens (tertiary/aromatic N) is 3. The lowest BCUT2D eigenvalue weighted by molar-refractivity contribution is 0.0708. The fourth-order valence-corrected chi connectivity index (χ4v) is 4.22. The van der Waals surface area contributed by atoms with Gasteiger partial charge in [0.25, 0.3) is 5.91 Å². The summed E-state index contributed by atoms with van der Waals surface area (Å²) in [7, 11) is 1.90. The van der Waals surface area contributed by atoms with Gasteiger partial charge in [-0.05, 0) is 30.8 Å². The first kappa shape index (κ1) is 14.9. The van der Waals surface area contributed by atoms with Gasteiger partial charge in [0.05, 0.1) is 5.69 Å². The summed E-state index contributed by atoms with van der Waals surface area (Å²) in [6, 6.07) is 0.290. The molecule has 0 spiro atoms. The van der Waals surface area contributed by atoms with E-state index < -0.39 is 0 Å². The normalized spacial score (nSPS) is 23.3. The highest BCUT2D eigenvalue weighted by Gasteiger charge is 2.31. The van der Waals surface area contributed by atoms with Gasteiger partial charge < -0.3 is 4.90 Å². The Morgan fingerprint density at radius 3 is 2.89 bits per heavy atom. The maximum atomic E-state index is 12.6. The molecule has 1 aliphatic carbocycles. The zero-order valence-electron chi connectivity index (χ0n) is 11.4. The Kier molecular flexibility index (Phi) is 5.33. The van der Waals surface area contributed by atoms with Crippen LogP contribution in [0.4, 0.5) is 0 Å². The van der Waals surface area contributed by atoms with Crippen LogP contribution in [0.3, 0.4) is 0 Å². The highest BCUT2D eigenvalue weighted by molar-refractivity contribution is 9.09. The third-order valence-corrected chi connectivity index (χ3v) is 5.53. The minimum atomic E-state index is 0.0785. The molecule has 2 atom stereocenters. The summed E-state index contributed by atoms with van der Waals surface area (Å²) in [5.41, 5.74) is 0.853. The lowest BCUT2D eigenvalue weighted by Crippen LogP contribution is -2.44. The Bertz CT molecular complexity index is 437. The molecule has 0 saturated heterocycles. The van der Waals surface area contributed by atoms with Crippen molar-refractivity contribution in [2.24, 2.45) is 0 Å². The summed E-state index contributed by atoms with van der Waals surface area (Å²) >= 11 is 4.94. The molecule has 106 valence electrons. The first-order valence-electron chi connectivity index (χ1n) is 6.87. The summed E-state index contributed by atoms with van der Waals surface area (Å²) in [4.78, 5) is 15.6. The number of halogens is 1. The third kappa shape index (κ3) is 3.34. The van der Waals surface area contributed by atoms with Crippen molar-refractivity contribution in [3.8, 4) is 0 Å². The number of amides is 1. The molecule has 0 aromatic carbocycles. The van der Waals surface area contributed by atoms with E-state index in [4.69, 9.17) is 0 Å². The van der Waals surface area contributed by atoms with Crippen molar-refractivity contribution in [1.29, 1.82) is 0 Å². The van der Waals surface area contributed by atoms with Gasteiger partial charge in [0, 0.05) is 17.9 Å². The number of alkyl halides is 1. The quantitative estimate of drug-likeness (QED) is 0.786. The first-order valence-corrected chi connectivity index (χ1v) is 8.56. The molecule has 6 heteroatoms. The van der Waals surface area contributed by atoms with Gasteiger partial charge >= 0.3 is 0 Å². The van der Waals surface area contributed by atoms with Crippen molar-refractivity contribution in [2.45, 2.75) is 56.3 Å². The average Bonchev–Trinajstić information content (AvgIpc) is 2.86. The molecule has 1 amide bonds. The number of hydrogen-bond acceptors (Lipinski definition) is 4. The van der Waals surface area contributed by atoms with Gasteiger partial charge in [-0.3, -0.25) is 4.79 Å². The number of hydrogen-bond donors (Lipinski definition) is 0. The molecule has 19 heavy (non-hydrogen) atoms. The minimum Gasteiger partial charge on any atom is -0.337 e. The van der Waals surface area contributed by atoms with Gasteiger partial charge in [-0.1, -0.05) is 46.6 Å². The number of rotatable bonds is 4. The molecule has 0 N–H and O–H groups in total. The van der Waals surface area contributed by atoms with Gasteiger partial charge in [0.1, 0.15) is 4.88 Å². The van der Waals surface area contributed by atoms with Crippen LogP contribution in [0.5, 0.6) is 0 Å². The smallest absolute Gasteiger partial charge is 0.267 e. The van der Waals surface area contributed by atoms with Crippen LogP contribution in [0.1, 0.15) is 54.4 Å². The van der Waals surface area contributed by atoms with Gasteiger partial charge in [0.15, 0.2) is 0 Å². The van der Waals surface area contributed by atoms with Gasteiger partial charge in [-0.15, -0.1) is 5.10 Å². The fraction of sp³-hybridized carbons (Fsp3) is 0.769. The molecule has 4 nitrogen and oxygen atoms in total. The molecule has 1 aromatic heterocycles. The van der Waals surface area contributed by atoms with Crippen LogP contribution in [0, 0.1) is 0 Å².